The predicted molar refractivity (Wildman–Crippen MR) is 55.8 cm³/mol. The molecule has 1 heterocycles. The van der Waals surface area contributed by atoms with E-state index < -0.39 is 22.0 Å². The molecule has 1 unspecified atom stereocenters. The van der Waals surface area contributed by atoms with Crippen LogP contribution in [0.5, 0.6) is 0 Å². The van der Waals surface area contributed by atoms with Gasteiger partial charge in [-0.25, -0.2) is 8.42 Å². The van der Waals surface area contributed by atoms with E-state index in [-0.39, 0.29) is 12.4 Å². The van der Waals surface area contributed by atoms with Gasteiger partial charge in [-0.05, 0) is 26.7 Å². The Morgan fingerprint density at radius 3 is 2.67 bits per heavy atom. The third-order valence-corrected chi connectivity index (χ3v) is 4.37. The number of hydrogen-bond donors (Lipinski definition) is 0. The van der Waals surface area contributed by atoms with Gasteiger partial charge in [-0.15, -0.1) is 0 Å². The van der Waals surface area contributed by atoms with E-state index in [1.807, 2.05) is 0 Å². The molecule has 0 radical (unpaired) electrons. The smallest absolute Gasteiger partial charge is 0.324 e. The van der Waals surface area contributed by atoms with Crippen molar-refractivity contribution >= 4 is 16.0 Å². The molecule has 1 aliphatic heterocycles. The summed E-state index contributed by atoms with van der Waals surface area (Å²) in [6, 6.07) is -0.602. The summed E-state index contributed by atoms with van der Waals surface area (Å²) in [6.45, 7) is 4.01. The number of ether oxygens (including phenoxy) is 1. The molecule has 1 rings (SSSR count). The molecule has 0 amide bonds. The van der Waals surface area contributed by atoms with E-state index in [1.165, 1.54) is 4.31 Å². The highest BCUT2D eigenvalue weighted by Gasteiger charge is 2.38. The molecular formula is C9H17NO4S. The zero-order valence-electron chi connectivity index (χ0n) is 9.10. The third-order valence-electron chi connectivity index (χ3n) is 2.48. The van der Waals surface area contributed by atoms with E-state index in [2.05, 4.69) is 0 Å². The van der Waals surface area contributed by atoms with Gasteiger partial charge in [0.05, 0.1) is 12.4 Å². The topological polar surface area (TPSA) is 63.7 Å². The zero-order valence-corrected chi connectivity index (χ0v) is 9.92. The summed E-state index contributed by atoms with van der Waals surface area (Å²) in [5.74, 6) is -0.393. The Labute approximate surface area is 90.4 Å². The van der Waals surface area contributed by atoms with Gasteiger partial charge >= 0.3 is 5.97 Å². The fourth-order valence-corrected chi connectivity index (χ4v) is 3.03. The van der Waals surface area contributed by atoms with Crippen molar-refractivity contribution in [3.8, 4) is 0 Å². The first kappa shape index (κ1) is 12.4. The molecule has 0 bridgehead atoms. The molecule has 6 heteroatoms. The van der Waals surface area contributed by atoms with Gasteiger partial charge in [0, 0.05) is 6.54 Å². The van der Waals surface area contributed by atoms with Crippen molar-refractivity contribution in [3.05, 3.63) is 0 Å². The van der Waals surface area contributed by atoms with Crippen LogP contribution in [0.15, 0.2) is 0 Å². The van der Waals surface area contributed by atoms with Crippen LogP contribution in [0.4, 0.5) is 0 Å². The number of rotatable bonds is 4. The van der Waals surface area contributed by atoms with Crippen LogP contribution >= 0.6 is 0 Å². The first-order chi connectivity index (χ1) is 7.03. The first-order valence-corrected chi connectivity index (χ1v) is 6.80. The highest BCUT2D eigenvalue weighted by molar-refractivity contribution is 7.89. The van der Waals surface area contributed by atoms with Crippen LogP contribution in [0.3, 0.4) is 0 Å². The Bertz CT molecular complexity index is 325. The lowest BCUT2D eigenvalue weighted by Crippen LogP contribution is -2.42. The van der Waals surface area contributed by atoms with Gasteiger partial charge < -0.3 is 4.74 Å². The van der Waals surface area contributed by atoms with Gasteiger partial charge in [0.25, 0.3) is 0 Å². The maximum atomic E-state index is 11.6. The van der Waals surface area contributed by atoms with Crippen LogP contribution in [0, 0.1) is 0 Å². The van der Waals surface area contributed by atoms with Crippen molar-refractivity contribution in [1.29, 1.82) is 0 Å². The highest BCUT2D eigenvalue weighted by atomic mass is 32.2. The fraction of sp³-hybridized carbons (Fsp3) is 0.889. The van der Waals surface area contributed by atoms with Crippen LogP contribution in [0.25, 0.3) is 0 Å². The molecule has 5 nitrogen and oxygen atoms in total. The number of hydrogen-bond acceptors (Lipinski definition) is 4. The van der Waals surface area contributed by atoms with Gasteiger partial charge in [0.1, 0.15) is 6.04 Å². The number of esters is 1. The summed E-state index contributed by atoms with van der Waals surface area (Å²) < 4.78 is 29.4. The molecule has 1 fully saturated rings. The normalized spacial score (nSPS) is 22.9. The maximum Gasteiger partial charge on any atom is 0.324 e. The minimum atomic E-state index is -3.28. The summed E-state index contributed by atoms with van der Waals surface area (Å²) in [5, 5.41) is 0. The highest BCUT2D eigenvalue weighted by Crippen LogP contribution is 2.22. The summed E-state index contributed by atoms with van der Waals surface area (Å²) in [7, 11) is -3.28. The molecule has 0 saturated carbocycles. The third kappa shape index (κ3) is 2.69. The van der Waals surface area contributed by atoms with Crippen molar-refractivity contribution in [2.45, 2.75) is 32.7 Å². The molecule has 1 saturated heterocycles. The molecule has 15 heavy (non-hydrogen) atoms. The summed E-state index contributed by atoms with van der Waals surface area (Å²) in [6.07, 6.45) is 1.29. The average Bonchev–Trinajstić information content (AvgIpc) is 2.67. The van der Waals surface area contributed by atoms with Crippen molar-refractivity contribution in [1.82, 2.24) is 4.31 Å². The second-order valence-electron chi connectivity index (χ2n) is 3.42. The molecule has 0 N–H and O–H groups in total. The molecule has 88 valence electrons. The fourth-order valence-electron chi connectivity index (χ4n) is 1.71. The Morgan fingerprint density at radius 1 is 1.47 bits per heavy atom. The van der Waals surface area contributed by atoms with Crippen molar-refractivity contribution in [2.24, 2.45) is 0 Å². The number of carbonyl (C=O) groups is 1. The lowest BCUT2D eigenvalue weighted by molar-refractivity contribution is -0.146. The Balaban J connectivity index is 2.78. The lowest BCUT2D eigenvalue weighted by atomic mass is 10.2. The minimum absolute atomic E-state index is 0.0307. The first-order valence-electron chi connectivity index (χ1n) is 5.19. The molecule has 1 aliphatic rings. The summed E-state index contributed by atoms with van der Waals surface area (Å²) >= 11 is 0. The zero-order chi connectivity index (χ0) is 11.5. The second-order valence-corrected chi connectivity index (χ2v) is 5.63. The SMILES string of the molecule is CCOC(=O)C1CCCN1S(=O)(=O)CC. The number of nitrogens with zero attached hydrogens (tertiary/aromatic N) is 1. The van der Waals surface area contributed by atoms with Crippen LogP contribution in [-0.2, 0) is 19.6 Å². The lowest BCUT2D eigenvalue weighted by Gasteiger charge is -2.21. The van der Waals surface area contributed by atoms with Gasteiger partial charge in [-0.1, -0.05) is 0 Å². The Morgan fingerprint density at radius 2 is 2.13 bits per heavy atom. The van der Waals surface area contributed by atoms with Gasteiger partial charge in [-0.3, -0.25) is 4.79 Å². The van der Waals surface area contributed by atoms with E-state index in [9.17, 15) is 13.2 Å². The van der Waals surface area contributed by atoms with Crippen LogP contribution in [0.1, 0.15) is 26.7 Å². The van der Waals surface area contributed by atoms with Crippen LogP contribution in [0.2, 0.25) is 0 Å². The predicted octanol–water partition coefficient (Wildman–Crippen LogP) is 0.364. The van der Waals surface area contributed by atoms with Crippen molar-refractivity contribution < 1.29 is 17.9 Å². The Kier molecular flexibility index (Phi) is 4.10. The van der Waals surface area contributed by atoms with Gasteiger partial charge in [-0.2, -0.15) is 4.31 Å². The monoisotopic (exact) mass is 235 g/mol. The molecular weight excluding hydrogens is 218 g/mol. The van der Waals surface area contributed by atoms with Crippen LogP contribution in [-0.4, -0.2) is 43.6 Å². The van der Waals surface area contributed by atoms with Crippen LogP contribution < -0.4 is 0 Å². The molecule has 1 atom stereocenters. The minimum Gasteiger partial charge on any atom is -0.465 e. The largest absolute Gasteiger partial charge is 0.465 e. The summed E-state index contributed by atoms with van der Waals surface area (Å²) in [5.41, 5.74) is 0. The number of sulfonamides is 1. The van der Waals surface area contributed by atoms with Crippen molar-refractivity contribution in [2.75, 3.05) is 18.9 Å². The quantitative estimate of drug-likeness (QED) is 0.660. The average molecular weight is 235 g/mol. The summed E-state index contributed by atoms with van der Waals surface area (Å²) in [4.78, 5) is 11.5. The maximum absolute atomic E-state index is 11.6. The van der Waals surface area contributed by atoms with E-state index in [1.54, 1.807) is 13.8 Å². The van der Waals surface area contributed by atoms with Gasteiger partial charge in [0.15, 0.2) is 0 Å². The second kappa shape index (κ2) is 4.94. The molecule has 0 aromatic carbocycles. The van der Waals surface area contributed by atoms with Crippen molar-refractivity contribution in [3.63, 3.8) is 0 Å². The Hall–Kier alpha value is -0.620. The molecule has 0 aromatic heterocycles. The van der Waals surface area contributed by atoms with E-state index in [4.69, 9.17) is 4.74 Å². The molecule has 0 aromatic rings. The van der Waals surface area contributed by atoms with Gasteiger partial charge in [0.2, 0.25) is 10.0 Å². The standard InChI is InChI=1S/C9H17NO4S/c1-3-14-9(11)8-6-5-7-10(8)15(12,13)4-2/h8H,3-7H2,1-2H3. The molecule has 0 spiro atoms. The number of carbonyl (C=O) groups excluding carboxylic acids is 1. The van der Waals surface area contributed by atoms with E-state index >= 15 is 0 Å². The van der Waals surface area contributed by atoms with E-state index in [0.29, 0.717) is 13.0 Å². The van der Waals surface area contributed by atoms with E-state index in [0.717, 1.165) is 6.42 Å². The molecule has 0 aliphatic carbocycles.